The van der Waals surface area contributed by atoms with E-state index in [2.05, 4.69) is 0 Å². The van der Waals surface area contributed by atoms with Crippen LogP contribution in [0.5, 0.6) is 0 Å². The summed E-state index contributed by atoms with van der Waals surface area (Å²) in [4.78, 5) is 65.1. The molecule has 2 rings (SSSR count). The average molecular weight is 571 g/mol. The number of amides is 1. The van der Waals surface area contributed by atoms with Gasteiger partial charge in [-0.1, -0.05) is 6.42 Å². The summed E-state index contributed by atoms with van der Waals surface area (Å²) in [6.07, 6.45) is -0.668. The third kappa shape index (κ3) is 7.72. The Morgan fingerprint density at radius 3 is 2.05 bits per heavy atom. The zero-order valence-electron chi connectivity index (χ0n) is 25.0. The summed E-state index contributed by atoms with van der Waals surface area (Å²) in [5, 5.41) is 11.4. The molecule has 2 fully saturated rings. The van der Waals surface area contributed by atoms with Gasteiger partial charge in [0.25, 0.3) is 5.91 Å². The maximum Gasteiger partial charge on any atom is 0.334 e. The van der Waals surface area contributed by atoms with Gasteiger partial charge >= 0.3 is 23.9 Å². The number of ether oxygens (including phenoxy) is 4. The minimum absolute atomic E-state index is 0.0128. The van der Waals surface area contributed by atoms with Gasteiger partial charge in [0.15, 0.2) is 5.54 Å². The zero-order chi connectivity index (χ0) is 30.6. The van der Waals surface area contributed by atoms with Crippen LogP contribution in [0.3, 0.4) is 0 Å². The number of rotatable bonds is 12. The van der Waals surface area contributed by atoms with Crippen molar-refractivity contribution in [3.05, 3.63) is 0 Å². The van der Waals surface area contributed by atoms with E-state index in [1.165, 1.54) is 0 Å². The third-order valence-corrected chi connectivity index (χ3v) is 6.98. The molecule has 3 N–H and O–H groups in total. The molecule has 6 atom stereocenters. The first kappa shape index (κ1) is 33.5. The fourth-order valence-electron chi connectivity index (χ4n) is 5.48. The lowest BCUT2D eigenvalue weighted by molar-refractivity contribution is -0.176. The van der Waals surface area contributed by atoms with Crippen molar-refractivity contribution in [3.8, 4) is 0 Å². The Morgan fingerprint density at radius 2 is 1.52 bits per heavy atom. The molecule has 0 heterocycles. The van der Waals surface area contributed by atoms with Crippen LogP contribution in [0.1, 0.15) is 87.5 Å². The van der Waals surface area contributed by atoms with Gasteiger partial charge in [0.05, 0.1) is 25.2 Å². The van der Waals surface area contributed by atoms with Crippen molar-refractivity contribution in [3.63, 3.8) is 0 Å². The van der Waals surface area contributed by atoms with E-state index in [1.807, 2.05) is 0 Å². The molecule has 0 aromatic heterocycles. The number of hydrogen-bond acceptors (Lipinski definition) is 11. The maximum atomic E-state index is 13.9. The quantitative estimate of drug-likeness (QED) is 0.0669. The van der Waals surface area contributed by atoms with E-state index in [0.29, 0.717) is 11.4 Å². The molecule has 0 aromatic rings. The van der Waals surface area contributed by atoms with Crippen LogP contribution in [0.25, 0.3) is 0 Å². The number of aliphatic hydroxyl groups is 1. The van der Waals surface area contributed by atoms with Crippen LogP contribution >= 0.6 is 0 Å². The van der Waals surface area contributed by atoms with Gasteiger partial charge in [-0.3, -0.25) is 24.2 Å². The van der Waals surface area contributed by atoms with Gasteiger partial charge < -0.3 is 24.1 Å². The van der Waals surface area contributed by atoms with Crippen molar-refractivity contribution in [1.29, 1.82) is 0 Å². The summed E-state index contributed by atoms with van der Waals surface area (Å²) in [6, 6.07) is 0. The first-order valence-electron chi connectivity index (χ1n) is 14.0. The molecule has 2 saturated carbocycles. The van der Waals surface area contributed by atoms with E-state index in [-0.39, 0.29) is 38.9 Å². The zero-order valence-corrected chi connectivity index (χ0v) is 25.0. The van der Waals surface area contributed by atoms with E-state index in [0.717, 1.165) is 0 Å². The van der Waals surface area contributed by atoms with Crippen molar-refractivity contribution in [2.45, 2.75) is 110 Å². The molecule has 0 saturated heterocycles. The van der Waals surface area contributed by atoms with E-state index >= 15 is 0 Å². The van der Waals surface area contributed by atoms with Crippen LogP contribution in [0, 0.1) is 23.7 Å². The molecule has 1 amide bonds. The Morgan fingerprint density at radius 1 is 0.950 bits per heavy atom. The molecule has 40 heavy (non-hydrogen) atoms. The predicted octanol–water partition coefficient (Wildman–Crippen LogP) is 2.04. The minimum Gasteiger partial charge on any atom is -0.466 e. The van der Waals surface area contributed by atoms with Gasteiger partial charge in [0.1, 0.15) is 17.1 Å². The van der Waals surface area contributed by atoms with Crippen LogP contribution in [-0.4, -0.2) is 76.0 Å². The standard InChI is InChI=1S/C28H46N2O10/c1-9-37-24(35)20-19-17(31)15-28(21(19)20,25(36)38-10-2)30(29)22(33)16(23(34)40-27(6,7)8)13-11-12-14-18(32)39-26(3,4)5/h16-17,19-21,31H,9-15,29H2,1-8H3/t16-,17-,19-,20-,21-,28-/m0/s1. The normalized spacial score (nSPS) is 26.2. The molecule has 0 radical (unpaired) electrons. The third-order valence-electron chi connectivity index (χ3n) is 6.98. The summed E-state index contributed by atoms with van der Waals surface area (Å²) in [7, 11) is 0. The number of hydrogen-bond donors (Lipinski definition) is 2. The Labute approximate surface area is 236 Å². The fourth-order valence-corrected chi connectivity index (χ4v) is 5.48. The van der Waals surface area contributed by atoms with E-state index in [1.54, 1.807) is 55.4 Å². The molecule has 228 valence electrons. The van der Waals surface area contributed by atoms with Crippen molar-refractivity contribution in [2.24, 2.45) is 29.5 Å². The van der Waals surface area contributed by atoms with Gasteiger partial charge in [-0.15, -0.1) is 0 Å². The Hall–Kier alpha value is -2.73. The van der Waals surface area contributed by atoms with Gasteiger partial charge in [-0.25, -0.2) is 10.6 Å². The molecule has 0 bridgehead atoms. The first-order valence-corrected chi connectivity index (χ1v) is 14.0. The molecule has 12 heteroatoms. The molecular formula is C28H46N2O10. The second kappa shape index (κ2) is 12.8. The Kier molecular flexibility index (Phi) is 10.7. The Bertz CT molecular complexity index is 969. The number of hydrazine groups is 1. The van der Waals surface area contributed by atoms with Gasteiger partial charge in [-0.2, -0.15) is 0 Å². The summed E-state index contributed by atoms with van der Waals surface area (Å²) in [6.45, 7) is 13.5. The highest BCUT2D eigenvalue weighted by Gasteiger charge is 2.78. The molecule has 0 aromatic carbocycles. The van der Waals surface area contributed by atoms with E-state index in [4.69, 9.17) is 24.8 Å². The van der Waals surface area contributed by atoms with Gasteiger partial charge in [0, 0.05) is 24.7 Å². The minimum atomic E-state index is -1.87. The number of esters is 4. The van der Waals surface area contributed by atoms with Crippen LogP contribution < -0.4 is 5.84 Å². The number of aliphatic hydroxyl groups excluding tert-OH is 1. The fraction of sp³-hybridized carbons (Fsp3) is 0.821. The topological polar surface area (TPSA) is 172 Å². The SMILES string of the molecule is CCOC(=O)[C@H]1[C@H]2[C@@H]1[C@@](C(=O)OCC)(N(N)C(=O)[C@H](CCCCC(=O)OC(C)(C)C)C(=O)OC(C)(C)C)C[C@@H]2O. The van der Waals surface area contributed by atoms with Gasteiger partial charge in [-0.05, 0) is 68.2 Å². The largest absolute Gasteiger partial charge is 0.466 e. The number of carbonyl (C=O) groups excluding carboxylic acids is 5. The average Bonchev–Trinajstić information content (AvgIpc) is 3.48. The summed E-state index contributed by atoms with van der Waals surface area (Å²) in [5.74, 6) is -0.958. The summed E-state index contributed by atoms with van der Waals surface area (Å²) in [5.41, 5.74) is -3.42. The highest BCUT2D eigenvalue weighted by molar-refractivity contribution is 6.01. The van der Waals surface area contributed by atoms with Crippen LogP contribution in [0.15, 0.2) is 0 Å². The van der Waals surface area contributed by atoms with Crippen LogP contribution in [0.2, 0.25) is 0 Å². The lowest BCUT2D eigenvalue weighted by atomic mass is 9.87. The van der Waals surface area contributed by atoms with E-state index in [9.17, 15) is 29.1 Å². The lowest BCUT2D eigenvalue weighted by Crippen LogP contribution is -2.64. The van der Waals surface area contributed by atoms with Crippen LogP contribution in [-0.2, 0) is 42.9 Å². The predicted molar refractivity (Wildman–Crippen MR) is 142 cm³/mol. The number of carbonyl (C=O) groups is 5. The van der Waals surface area contributed by atoms with Crippen molar-refractivity contribution in [2.75, 3.05) is 13.2 Å². The van der Waals surface area contributed by atoms with Gasteiger partial charge in [0.2, 0.25) is 0 Å². The maximum absolute atomic E-state index is 13.9. The van der Waals surface area contributed by atoms with E-state index < -0.39 is 76.3 Å². The number of unbranched alkanes of at least 4 members (excludes halogenated alkanes) is 1. The number of nitrogens with zero attached hydrogens (tertiary/aromatic N) is 1. The molecule has 2 aliphatic rings. The molecule has 0 aliphatic heterocycles. The second-order valence-corrected chi connectivity index (χ2v) is 12.4. The Balaban J connectivity index is 2.32. The lowest BCUT2D eigenvalue weighted by Gasteiger charge is -2.39. The monoisotopic (exact) mass is 570 g/mol. The highest BCUT2D eigenvalue weighted by Crippen LogP contribution is 2.64. The smallest absolute Gasteiger partial charge is 0.334 e. The summed E-state index contributed by atoms with van der Waals surface area (Å²) >= 11 is 0. The second-order valence-electron chi connectivity index (χ2n) is 12.4. The summed E-state index contributed by atoms with van der Waals surface area (Å²) < 4.78 is 21.2. The van der Waals surface area contributed by atoms with Crippen LogP contribution in [0.4, 0.5) is 0 Å². The molecule has 0 spiro atoms. The molecule has 2 aliphatic carbocycles. The van der Waals surface area contributed by atoms with Crippen molar-refractivity contribution >= 4 is 29.8 Å². The molecular weight excluding hydrogens is 524 g/mol. The first-order chi connectivity index (χ1) is 18.4. The van der Waals surface area contributed by atoms with Crippen molar-refractivity contribution in [1.82, 2.24) is 5.01 Å². The number of fused-ring (bicyclic) bond motifs is 1. The molecule has 0 unspecified atom stereocenters. The number of nitrogens with two attached hydrogens (primary N) is 1. The highest BCUT2D eigenvalue weighted by atomic mass is 16.6. The van der Waals surface area contributed by atoms with Crippen molar-refractivity contribution < 1.29 is 48.0 Å². The molecule has 12 nitrogen and oxygen atoms in total.